The van der Waals surface area contributed by atoms with Gasteiger partial charge in [0, 0.05) is 6.54 Å². The van der Waals surface area contributed by atoms with Crippen molar-refractivity contribution < 1.29 is 19.1 Å². The van der Waals surface area contributed by atoms with Gasteiger partial charge in [-0.25, -0.2) is 4.79 Å². The summed E-state index contributed by atoms with van der Waals surface area (Å²) in [7, 11) is 0. The molecular formula is C16H23N3O4. The molecule has 23 heavy (non-hydrogen) atoms. The number of carbonyl (C=O) groups excluding carboxylic acids is 3. The molecule has 0 aromatic heterocycles. The van der Waals surface area contributed by atoms with Crippen LogP contribution in [0.15, 0.2) is 30.3 Å². The number of amides is 3. The molecule has 7 nitrogen and oxygen atoms in total. The van der Waals surface area contributed by atoms with Crippen LogP contribution in [0, 0.1) is 0 Å². The first kappa shape index (κ1) is 18.5. The summed E-state index contributed by atoms with van der Waals surface area (Å²) in [5, 5.41) is 7.42. The Kier molecular flexibility index (Phi) is 8.88. The van der Waals surface area contributed by atoms with E-state index in [0.717, 1.165) is 18.4 Å². The average molecular weight is 321 g/mol. The number of benzene rings is 1. The third-order valence-electron chi connectivity index (χ3n) is 2.90. The first-order valence-electron chi connectivity index (χ1n) is 7.59. The second-order valence-corrected chi connectivity index (χ2v) is 4.90. The standard InChI is InChI=1S/C16H23N3O4/c1-2-3-9-17-14(20)10-18-15(21)11-19-16(22)23-12-13-7-5-4-6-8-13/h4-8H,2-3,9-12H2,1H3,(H,17,20)(H,18,21)(H,19,22). The van der Waals surface area contributed by atoms with Crippen LogP contribution in [0.2, 0.25) is 0 Å². The van der Waals surface area contributed by atoms with E-state index in [4.69, 9.17) is 4.74 Å². The first-order chi connectivity index (χ1) is 11.1. The van der Waals surface area contributed by atoms with Crippen molar-refractivity contribution in [2.45, 2.75) is 26.4 Å². The molecular weight excluding hydrogens is 298 g/mol. The van der Waals surface area contributed by atoms with Crippen molar-refractivity contribution >= 4 is 17.9 Å². The molecule has 0 radical (unpaired) electrons. The fourth-order valence-electron chi connectivity index (χ4n) is 1.64. The SMILES string of the molecule is CCCCNC(=O)CNC(=O)CNC(=O)OCc1ccccc1. The summed E-state index contributed by atoms with van der Waals surface area (Å²) in [6, 6.07) is 9.21. The van der Waals surface area contributed by atoms with Crippen LogP contribution in [-0.4, -0.2) is 37.5 Å². The lowest BCUT2D eigenvalue weighted by molar-refractivity contribution is -0.125. The van der Waals surface area contributed by atoms with Gasteiger partial charge in [-0.15, -0.1) is 0 Å². The van der Waals surface area contributed by atoms with Crippen LogP contribution >= 0.6 is 0 Å². The summed E-state index contributed by atoms with van der Waals surface area (Å²) in [4.78, 5) is 34.3. The molecule has 3 amide bonds. The van der Waals surface area contributed by atoms with E-state index in [2.05, 4.69) is 16.0 Å². The van der Waals surface area contributed by atoms with Crippen LogP contribution < -0.4 is 16.0 Å². The molecule has 0 aliphatic carbocycles. The van der Waals surface area contributed by atoms with Crippen LogP contribution in [-0.2, 0) is 20.9 Å². The average Bonchev–Trinajstić information content (AvgIpc) is 2.57. The van der Waals surface area contributed by atoms with Crippen LogP contribution in [0.1, 0.15) is 25.3 Å². The lowest BCUT2D eigenvalue weighted by atomic mass is 10.2. The maximum atomic E-state index is 11.5. The second-order valence-electron chi connectivity index (χ2n) is 4.90. The number of hydrogen-bond donors (Lipinski definition) is 3. The summed E-state index contributed by atoms with van der Waals surface area (Å²) >= 11 is 0. The monoisotopic (exact) mass is 321 g/mol. The Morgan fingerprint density at radius 1 is 0.957 bits per heavy atom. The zero-order valence-corrected chi connectivity index (χ0v) is 13.3. The highest BCUT2D eigenvalue weighted by molar-refractivity contribution is 5.87. The van der Waals surface area contributed by atoms with Crippen molar-refractivity contribution in [1.29, 1.82) is 0 Å². The van der Waals surface area contributed by atoms with Gasteiger partial charge < -0.3 is 20.7 Å². The van der Waals surface area contributed by atoms with Crippen molar-refractivity contribution in [3.05, 3.63) is 35.9 Å². The van der Waals surface area contributed by atoms with Gasteiger partial charge in [0.1, 0.15) is 13.2 Å². The molecule has 1 rings (SSSR count). The van der Waals surface area contributed by atoms with E-state index >= 15 is 0 Å². The lowest BCUT2D eigenvalue weighted by Gasteiger charge is -2.08. The molecule has 0 saturated carbocycles. The molecule has 0 spiro atoms. The number of nitrogens with one attached hydrogen (secondary N) is 3. The molecule has 0 saturated heterocycles. The van der Waals surface area contributed by atoms with E-state index in [1.54, 1.807) is 0 Å². The second kappa shape index (κ2) is 11.1. The number of unbranched alkanes of at least 4 members (excludes halogenated alkanes) is 1. The van der Waals surface area contributed by atoms with Gasteiger partial charge >= 0.3 is 6.09 Å². The molecule has 0 fully saturated rings. The Hall–Kier alpha value is -2.57. The third kappa shape index (κ3) is 9.13. The van der Waals surface area contributed by atoms with E-state index in [0.29, 0.717) is 6.54 Å². The molecule has 7 heteroatoms. The van der Waals surface area contributed by atoms with Gasteiger partial charge in [-0.05, 0) is 12.0 Å². The molecule has 0 aliphatic heterocycles. The maximum Gasteiger partial charge on any atom is 0.407 e. The van der Waals surface area contributed by atoms with Crippen LogP contribution in [0.3, 0.4) is 0 Å². The number of rotatable bonds is 9. The van der Waals surface area contributed by atoms with E-state index < -0.39 is 12.0 Å². The summed E-state index contributed by atoms with van der Waals surface area (Å²) in [5.41, 5.74) is 0.857. The van der Waals surface area contributed by atoms with Crippen LogP contribution in [0.25, 0.3) is 0 Å². The van der Waals surface area contributed by atoms with Crippen molar-refractivity contribution in [2.24, 2.45) is 0 Å². The van der Waals surface area contributed by atoms with Crippen LogP contribution in [0.5, 0.6) is 0 Å². The molecule has 1 aromatic carbocycles. The highest BCUT2D eigenvalue weighted by Crippen LogP contribution is 2.00. The van der Waals surface area contributed by atoms with E-state index in [1.807, 2.05) is 37.3 Å². The fraction of sp³-hybridized carbons (Fsp3) is 0.438. The molecule has 0 bridgehead atoms. The van der Waals surface area contributed by atoms with Gasteiger partial charge in [-0.3, -0.25) is 9.59 Å². The summed E-state index contributed by atoms with van der Waals surface area (Å²) < 4.78 is 4.96. The molecule has 0 unspecified atom stereocenters. The van der Waals surface area contributed by atoms with Crippen molar-refractivity contribution in [3.63, 3.8) is 0 Å². The Morgan fingerprint density at radius 2 is 1.61 bits per heavy atom. The number of hydrogen-bond acceptors (Lipinski definition) is 4. The lowest BCUT2D eigenvalue weighted by Crippen LogP contribution is -2.42. The number of ether oxygens (including phenoxy) is 1. The molecule has 0 heterocycles. The van der Waals surface area contributed by atoms with Gasteiger partial charge in [-0.2, -0.15) is 0 Å². The number of alkyl carbamates (subject to hydrolysis) is 1. The molecule has 0 atom stereocenters. The van der Waals surface area contributed by atoms with Gasteiger partial charge in [0.25, 0.3) is 0 Å². The van der Waals surface area contributed by atoms with Gasteiger partial charge in [0.2, 0.25) is 11.8 Å². The number of carbonyl (C=O) groups is 3. The molecule has 3 N–H and O–H groups in total. The van der Waals surface area contributed by atoms with Crippen molar-refractivity contribution in [3.8, 4) is 0 Å². The fourth-order valence-corrected chi connectivity index (χ4v) is 1.64. The van der Waals surface area contributed by atoms with E-state index in [9.17, 15) is 14.4 Å². The van der Waals surface area contributed by atoms with Gasteiger partial charge in [-0.1, -0.05) is 43.7 Å². The Balaban J connectivity index is 2.10. The topological polar surface area (TPSA) is 96.5 Å². The zero-order valence-electron chi connectivity index (χ0n) is 13.3. The summed E-state index contributed by atoms with van der Waals surface area (Å²) in [6.07, 6.45) is 1.20. The predicted molar refractivity (Wildman–Crippen MR) is 85.6 cm³/mol. The Bertz CT molecular complexity index is 505. The molecule has 126 valence electrons. The normalized spacial score (nSPS) is 9.78. The van der Waals surface area contributed by atoms with Crippen LogP contribution in [0.4, 0.5) is 4.79 Å². The summed E-state index contributed by atoms with van der Waals surface area (Å²) in [6.45, 7) is 2.40. The molecule has 0 aliphatic rings. The van der Waals surface area contributed by atoms with E-state index in [1.165, 1.54) is 0 Å². The Morgan fingerprint density at radius 3 is 2.30 bits per heavy atom. The van der Waals surface area contributed by atoms with Gasteiger partial charge in [0.05, 0.1) is 6.54 Å². The Labute approximate surface area is 135 Å². The van der Waals surface area contributed by atoms with Crippen molar-refractivity contribution in [2.75, 3.05) is 19.6 Å². The third-order valence-corrected chi connectivity index (χ3v) is 2.90. The summed E-state index contributed by atoms with van der Waals surface area (Å²) in [5.74, 6) is -0.703. The quantitative estimate of drug-likeness (QED) is 0.590. The van der Waals surface area contributed by atoms with E-state index in [-0.39, 0.29) is 25.6 Å². The minimum Gasteiger partial charge on any atom is -0.445 e. The smallest absolute Gasteiger partial charge is 0.407 e. The minimum absolute atomic E-state index is 0.108. The minimum atomic E-state index is -0.684. The maximum absolute atomic E-state index is 11.5. The molecule has 1 aromatic rings. The first-order valence-corrected chi connectivity index (χ1v) is 7.59. The zero-order chi connectivity index (χ0) is 16.9. The van der Waals surface area contributed by atoms with Gasteiger partial charge in [0.15, 0.2) is 0 Å². The highest BCUT2D eigenvalue weighted by Gasteiger charge is 2.08. The predicted octanol–water partition coefficient (Wildman–Crippen LogP) is 0.945. The largest absolute Gasteiger partial charge is 0.445 e. The van der Waals surface area contributed by atoms with Crippen molar-refractivity contribution in [1.82, 2.24) is 16.0 Å². The highest BCUT2D eigenvalue weighted by atomic mass is 16.5.